The molecule has 1 atom stereocenters. The third-order valence-corrected chi connectivity index (χ3v) is 4.45. The van der Waals surface area contributed by atoms with Crippen molar-refractivity contribution in [1.29, 1.82) is 0 Å². The summed E-state index contributed by atoms with van der Waals surface area (Å²) in [4.78, 5) is 0.856. The number of rotatable bonds is 3. The zero-order valence-corrected chi connectivity index (χ0v) is 11.5. The van der Waals surface area contributed by atoms with Gasteiger partial charge in [0, 0.05) is 6.42 Å². The molecular formula is C14H15ClOS. The third kappa shape index (κ3) is 2.71. The largest absolute Gasteiger partial charge is 0.387 e. The fraction of sp³-hybridized carbons (Fsp3) is 0.286. The van der Waals surface area contributed by atoms with Crippen LogP contribution in [0.5, 0.6) is 0 Å². The molecule has 2 rings (SSSR count). The van der Waals surface area contributed by atoms with Crippen LogP contribution in [0.2, 0.25) is 5.02 Å². The van der Waals surface area contributed by atoms with Gasteiger partial charge in [-0.25, -0.2) is 0 Å². The van der Waals surface area contributed by atoms with E-state index in [2.05, 4.69) is 26.0 Å². The monoisotopic (exact) mass is 266 g/mol. The highest BCUT2D eigenvalue weighted by molar-refractivity contribution is 7.10. The van der Waals surface area contributed by atoms with Gasteiger partial charge in [-0.2, -0.15) is 0 Å². The Morgan fingerprint density at radius 3 is 2.41 bits per heavy atom. The van der Waals surface area contributed by atoms with Gasteiger partial charge in [-0.15, -0.1) is 11.3 Å². The Balaban J connectivity index is 2.25. The second kappa shape index (κ2) is 5.21. The molecule has 2 aromatic rings. The van der Waals surface area contributed by atoms with Crippen LogP contribution in [0.25, 0.3) is 0 Å². The number of benzene rings is 1. The Morgan fingerprint density at radius 1 is 1.24 bits per heavy atom. The summed E-state index contributed by atoms with van der Waals surface area (Å²) >= 11 is 7.54. The molecule has 0 bridgehead atoms. The van der Waals surface area contributed by atoms with Crippen molar-refractivity contribution in [3.63, 3.8) is 0 Å². The molecule has 0 spiro atoms. The third-order valence-electron chi connectivity index (χ3n) is 2.99. The van der Waals surface area contributed by atoms with Crippen molar-refractivity contribution in [1.82, 2.24) is 0 Å². The van der Waals surface area contributed by atoms with Crippen molar-refractivity contribution in [2.45, 2.75) is 26.4 Å². The maximum Gasteiger partial charge on any atom is 0.0937 e. The summed E-state index contributed by atoms with van der Waals surface area (Å²) in [7, 11) is 0. The zero-order chi connectivity index (χ0) is 12.4. The van der Waals surface area contributed by atoms with Crippen LogP contribution in [0.4, 0.5) is 0 Å². The minimum Gasteiger partial charge on any atom is -0.387 e. The van der Waals surface area contributed by atoms with Crippen LogP contribution in [0, 0.1) is 13.8 Å². The lowest BCUT2D eigenvalue weighted by atomic mass is 9.97. The lowest BCUT2D eigenvalue weighted by molar-refractivity contribution is 0.182. The average Bonchev–Trinajstić information content (AvgIpc) is 2.70. The second-order valence-corrected chi connectivity index (χ2v) is 5.58. The topological polar surface area (TPSA) is 20.2 Å². The summed E-state index contributed by atoms with van der Waals surface area (Å²) in [5, 5.41) is 12.8. The van der Waals surface area contributed by atoms with E-state index in [1.165, 1.54) is 28.0 Å². The fourth-order valence-corrected chi connectivity index (χ4v) is 3.17. The summed E-state index contributed by atoms with van der Waals surface area (Å²) in [6, 6.07) is 8.02. The highest BCUT2D eigenvalue weighted by atomic mass is 35.5. The number of aryl methyl sites for hydroxylation is 2. The van der Waals surface area contributed by atoms with Gasteiger partial charge in [-0.1, -0.05) is 29.8 Å². The Bertz CT molecular complexity index is 498. The molecule has 0 aliphatic carbocycles. The normalized spacial score (nSPS) is 12.7. The Labute approximate surface area is 111 Å². The average molecular weight is 267 g/mol. The maximum atomic E-state index is 10.2. The molecule has 1 aromatic heterocycles. The van der Waals surface area contributed by atoms with Crippen molar-refractivity contribution in [3.8, 4) is 0 Å². The van der Waals surface area contributed by atoms with Crippen molar-refractivity contribution in [2.24, 2.45) is 0 Å². The molecule has 0 aliphatic rings. The van der Waals surface area contributed by atoms with Gasteiger partial charge in [0.2, 0.25) is 0 Å². The van der Waals surface area contributed by atoms with Crippen LogP contribution in [-0.2, 0) is 6.42 Å². The van der Waals surface area contributed by atoms with Gasteiger partial charge in [-0.3, -0.25) is 0 Å². The first kappa shape index (κ1) is 12.6. The van der Waals surface area contributed by atoms with E-state index in [4.69, 9.17) is 11.6 Å². The van der Waals surface area contributed by atoms with E-state index in [9.17, 15) is 5.11 Å². The van der Waals surface area contributed by atoms with Crippen molar-refractivity contribution < 1.29 is 5.11 Å². The summed E-state index contributed by atoms with van der Waals surface area (Å²) in [6.45, 7) is 4.15. The molecular weight excluding hydrogens is 252 g/mol. The number of thiophene rings is 1. The van der Waals surface area contributed by atoms with Crippen LogP contribution >= 0.6 is 22.9 Å². The molecule has 1 heterocycles. The molecule has 17 heavy (non-hydrogen) atoms. The van der Waals surface area contributed by atoms with Crippen molar-refractivity contribution in [2.75, 3.05) is 0 Å². The molecule has 0 amide bonds. The predicted molar refractivity (Wildman–Crippen MR) is 73.9 cm³/mol. The van der Waals surface area contributed by atoms with Crippen molar-refractivity contribution >= 4 is 22.9 Å². The van der Waals surface area contributed by atoms with Gasteiger partial charge >= 0.3 is 0 Å². The van der Waals surface area contributed by atoms with Crippen LogP contribution in [0.1, 0.15) is 27.7 Å². The number of aliphatic hydroxyl groups excluding tert-OH is 1. The summed E-state index contributed by atoms with van der Waals surface area (Å²) < 4.78 is 0. The highest BCUT2D eigenvalue weighted by Gasteiger charge is 2.15. The predicted octanol–water partition coefficient (Wildman–Crippen LogP) is 4.29. The Hall–Kier alpha value is -0.830. The minimum absolute atomic E-state index is 0.512. The first-order valence-electron chi connectivity index (χ1n) is 5.55. The van der Waals surface area contributed by atoms with Crippen LogP contribution in [-0.4, -0.2) is 5.11 Å². The molecule has 0 radical (unpaired) electrons. The van der Waals surface area contributed by atoms with E-state index < -0.39 is 6.10 Å². The maximum absolute atomic E-state index is 10.2. The van der Waals surface area contributed by atoms with Crippen LogP contribution in [0.15, 0.2) is 29.6 Å². The van der Waals surface area contributed by atoms with E-state index >= 15 is 0 Å². The van der Waals surface area contributed by atoms with Gasteiger partial charge in [0.1, 0.15) is 0 Å². The lowest BCUT2D eigenvalue weighted by Gasteiger charge is -2.14. The number of aliphatic hydroxyl groups is 1. The molecule has 3 heteroatoms. The summed E-state index contributed by atoms with van der Waals surface area (Å²) in [6.07, 6.45) is 0.112. The number of halogens is 1. The molecule has 1 aromatic carbocycles. The van der Waals surface area contributed by atoms with Gasteiger partial charge in [-0.05, 0) is 42.0 Å². The van der Waals surface area contributed by atoms with E-state index in [0.29, 0.717) is 11.4 Å². The highest BCUT2D eigenvalue weighted by Crippen LogP contribution is 2.31. The van der Waals surface area contributed by atoms with E-state index in [1.807, 2.05) is 17.5 Å². The first-order chi connectivity index (χ1) is 8.09. The van der Waals surface area contributed by atoms with Gasteiger partial charge in [0.05, 0.1) is 16.0 Å². The molecule has 0 saturated heterocycles. The zero-order valence-electron chi connectivity index (χ0n) is 9.90. The van der Waals surface area contributed by atoms with Gasteiger partial charge in [0.15, 0.2) is 0 Å². The van der Waals surface area contributed by atoms with Crippen LogP contribution in [0.3, 0.4) is 0 Å². The Kier molecular flexibility index (Phi) is 3.87. The first-order valence-corrected chi connectivity index (χ1v) is 6.81. The van der Waals surface area contributed by atoms with Gasteiger partial charge < -0.3 is 5.11 Å². The van der Waals surface area contributed by atoms with Crippen molar-refractivity contribution in [3.05, 3.63) is 56.2 Å². The SMILES string of the molecule is Cc1cccc(C)c1CC(O)c1sccc1Cl. The smallest absolute Gasteiger partial charge is 0.0937 e. The molecule has 1 N–H and O–H groups in total. The Morgan fingerprint density at radius 2 is 1.88 bits per heavy atom. The fourth-order valence-electron chi connectivity index (χ4n) is 2.00. The minimum atomic E-state index is -0.512. The van der Waals surface area contributed by atoms with Gasteiger partial charge in [0.25, 0.3) is 0 Å². The standard InChI is InChI=1S/C14H15ClOS/c1-9-4-3-5-10(2)11(9)8-13(16)14-12(15)6-7-17-14/h3-7,13,16H,8H2,1-2H3. The molecule has 0 fully saturated rings. The molecule has 90 valence electrons. The molecule has 1 unspecified atom stereocenters. The van der Waals surface area contributed by atoms with E-state index in [1.54, 1.807) is 0 Å². The van der Waals surface area contributed by atoms with Crippen LogP contribution < -0.4 is 0 Å². The lowest BCUT2D eigenvalue weighted by Crippen LogP contribution is -2.03. The molecule has 0 saturated carbocycles. The quantitative estimate of drug-likeness (QED) is 0.878. The second-order valence-electron chi connectivity index (χ2n) is 4.22. The summed E-state index contributed by atoms with van der Waals surface area (Å²) in [5.74, 6) is 0. The summed E-state index contributed by atoms with van der Waals surface area (Å²) in [5.41, 5.74) is 3.65. The van der Waals surface area contributed by atoms with E-state index in [0.717, 1.165) is 4.88 Å². The van der Waals surface area contributed by atoms with E-state index in [-0.39, 0.29) is 0 Å². The molecule has 0 aliphatic heterocycles. The number of hydrogen-bond acceptors (Lipinski definition) is 2. The number of hydrogen-bond donors (Lipinski definition) is 1. The molecule has 1 nitrogen and oxygen atoms in total.